The van der Waals surface area contributed by atoms with Gasteiger partial charge in [0.25, 0.3) is 5.91 Å². The molecule has 1 aromatic carbocycles. The van der Waals surface area contributed by atoms with Crippen LogP contribution < -0.4 is 10.5 Å². The lowest BCUT2D eigenvalue weighted by molar-refractivity contribution is -0.0957. The van der Waals surface area contributed by atoms with Crippen molar-refractivity contribution in [2.75, 3.05) is 25.9 Å². The summed E-state index contributed by atoms with van der Waals surface area (Å²) < 4.78 is 42.8. The van der Waals surface area contributed by atoms with Gasteiger partial charge in [-0.05, 0) is 18.6 Å². The maximum atomic E-state index is 12.6. The average molecular weight is 300 g/mol. The highest BCUT2D eigenvalue weighted by atomic mass is 19.4. The number of benzene rings is 1. The minimum atomic E-state index is -4.33. The average Bonchev–Trinajstić information content (AvgIpc) is 2.45. The van der Waals surface area contributed by atoms with Crippen molar-refractivity contribution < 1.29 is 22.7 Å². The number of carbonyl (C=O) groups is 1. The van der Waals surface area contributed by atoms with Crippen LogP contribution in [0.4, 0.5) is 18.9 Å². The Morgan fingerprint density at radius 2 is 2.10 bits per heavy atom. The van der Waals surface area contributed by atoms with Crippen molar-refractivity contribution in [2.24, 2.45) is 0 Å². The first-order valence-electron chi connectivity index (χ1n) is 6.32. The summed E-state index contributed by atoms with van der Waals surface area (Å²) in [7, 11) is 1.41. The third-order valence-electron chi connectivity index (χ3n) is 3.35. The van der Waals surface area contributed by atoms with Gasteiger partial charge < -0.3 is 15.4 Å². The van der Waals surface area contributed by atoms with Crippen molar-refractivity contribution in [1.29, 1.82) is 0 Å². The minimum absolute atomic E-state index is 0.00165. The van der Waals surface area contributed by atoms with E-state index in [0.717, 1.165) is 6.08 Å². The van der Waals surface area contributed by atoms with Gasteiger partial charge in [-0.2, -0.15) is 13.2 Å². The summed E-state index contributed by atoms with van der Waals surface area (Å²) in [6.45, 7) is -0.0904. The monoisotopic (exact) mass is 300 g/mol. The molecule has 0 fully saturated rings. The maximum absolute atomic E-state index is 12.6. The van der Waals surface area contributed by atoms with Crippen molar-refractivity contribution in [3.8, 4) is 5.75 Å². The SMILES string of the molecule is COc1cccc(N)c1C(=O)N1CC=C(C(F)(F)F)CC1. The lowest BCUT2D eigenvalue weighted by Gasteiger charge is -2.28. The molecule has 0 saturated heterocycles. The van der Waals surface area contributed by atoms with Gasteiger partial charge in [-0.25, -0.2) is 0 Å². The van der Waals surface area contributed by atoms with Crippen molar-refractivity contribution in [2.45, 2.75) is 12.6 Å². The van der Waals surface area contributed by atoms with Crippen LogP contribution in [0.15, 0.2) is 29.8 Å². The van der Waals surface area contributed by atoms with Crippen molar-refractivity contribution in [3.63, 3.8) is 0 Å². The third kappa shape index (κ3) is 3.12. The molecule has 0 unspecified atom stereocenters. The fourth-order valence-electron chi connectivity index (χ4n) is 2.22. The number of amides is 1. The highest BCUT2D eigenvalue weighted by Gasteiger charge is 2.36. The molecule has 1 aromatic rings. The normalized spacial score (nSPS) is 15.6. The van der Waals surface area contributed by atoms with Crippen LogP contribution in [0.3, 0.4) is 0 Å². The Morgan fingerprint density at radius 1 is 1.38 bits per heavy atom. The van der Waals surface area contributed by atoms with Crippen LogP contribution in [-0.4, -0.2) is 37.2 Å². The minimum Gasteiger partial charge on any atom is -0.496 e. The molecule has 0 bridgehead atoms. The van der Waals surface area contributed by atoms with Gasteiger partial charge in [0.15, 0.2) is 0 Å². The Morgan fingerprint density at radius 3 is 2.62 bits per heavy atom. The van der Waals surface area contributed by atoms with Crippen LogP contribution in [0.2, 0.25) is 0 Å². The molecule has 1 amide bonds. The van der Waals surface area contributed by atoms with E-state index >= 15 is 0 Å². The van der Waals surface area contributed by atoms with E-state index in [4.69, 9.17) is 10.5 Å². The number of methoxy groups -OCH3 is 1. The largest absolute Gasteiger partial charge is 0.496 e. The first kappa shape index (κ1) is 15.2. The van der Waals surface area contributed by atoms with Crippen LogP contribution >= 0.6 is 0 Å². The highest BCUT2D eigenvalue weighted by molar-refractivity contribution is 6.02. The Balaban J connectivity index is 2.22. The zero-order valence-electron chi connectivity index (χ0n) is 11.4. The Labute approximate surface area is 120 Å². The number of halogens is 3. The van der Waals surface area contributed by atoms with Gasteiger partial charge in [-0.3, -0.25) is 4.79 Å². The van der Waals surface area contributed by atoms with Crippen LogP contribution in [0.5, 0.6) is 5.75 Å². The second-order valence-corrected chi connectivity index (χ2v) is 4.65. The summed E-state index contributed by atoms with van der Waals surface area (Å²) in [5.74, 6) is -0.118. The molecule has 4 nitrogen and oxygen atoms in total. The van der Waals surface area contributed by atoms with Crippen LogP contribution in [-0.2, 0) is 0 Å². The molecule has 0 aliphatic carbocycles. The lowest BCUT2D eigenvalue weighted by atomic mass is 10.1. The zero-order valence-corrected chi connectivity index (χ0v) is 11.4. The molecule has 1 aliphatic rings. The number of hydrogen-bond donors (Lipinski definition) is 1. The molecule has 0 aromatic heterocycles. The molecule has 0 spiro atoms. The molecule has 0 atom stereocenters. The van der Waals surface area contributed by atoms with E-state index in [1.165, 1.54) is 12.0 Å². The van der Waals surface area contributed by atoms with Crippen molar-refractivity contribution in [1.82, 2.24) is 4.90 Å². The fraction of sp³-hybridized carbons (Fsp3) is 0.357. The lowest BCUT2D eigenvalue weighted by Crippen LogP contribution is -2.37. The number of nitrogen functional groups attached to an aromatic ring is 1. The fourth-order valence-corrected chi connectivity index (χ4v) is 2.22. The molecule has 7 heteroatoms. The molecular weight excluding hydrogens is 285 g/mol. The predicted octanol–water partition coefficient (Wildman–Crippen LogP) is 2.61. The molecule has 21 heavy (non-hydrogen) atoms. The molecule has 2 rings (SSSR count). The summed E-state index contributed by atoms with van der Waals surface area (Å²) in [5.41, 5.74) is 5.61. The van der Waals surface area contributed by atoms with E-state index in [2.05, 4.69) is 0 Å². The van der Waals surface area contributed by atoms with Gasteiger partial charge in [0.05, 0.1) is 7.11 Å². The Kier molecular flexibility index (Phi) is 4.11. The number of anilines is 1. The van der Waals surface area contributed by atoms with E-state index < -0.39 is 17.7 Å². The first-order valence-corrected chi connectivity index (χ1v) is 6.32. The Bertz CT molecular complexity index is 582. The smallest absolute Gasteiger partial charge is 0.412 e. The van der Waals surface area contributed by atoms with Crippen LogP contribution in [0.25, 0.3) is 0 Å². The summed E-state index contributed by atoms with van der Waals surface area (Å²) in [6, 6.07) is 4.78. The van der Waals surface area contributed by atoms with E-state index in [1.807, 2.05) is 0 Å². The number of rotatable bonds is 2. The van der Waals surface area contributed by atoms with E-state index in [1.54, 1.807) is 18.2 Å². The first-order chi connectivity index (χ1) is 9.84. The van der Waals surface area contributed by atoms with Gasteiger partial charge in [0, 0.05) is 24.4 Å². The predicted molar refractivity (Wildman–Crippen MR) is 72.1 cm³/mol. The number of nitrogens with two attached hydrogens (primary N) is 1. The third-order valence-corrected chi connectivity index (χ3v) is 3.35. The topological polar surface area (TPSA) is 55.6 Å². The number of nitrogens with zero attached hydrogens (tertiary/aromatic N) is 1. The Hall–Kier alpha value is -2.18. The van der Waals surface area contributed by atoms with E-state index in [-0.39, 0.29) is 30.8 Å². The summed E-state index contributed by atoms with van der Waals surface area (Å²) in [5, 5.41) is 0. The van der Waals surface area contributed by atoms with Crippen molar-refractivity contribution in [3.05, 3.63) is 35.4 Å². The molecule has 0 radical (unpaired) electrons. The molecular formula is C14H15F3N2O2. The molecule has 2 N–H and O–H groups in total. The van der Waals surface area contributed by atoms with Crippen LogP contribution in [0, 0.1) is 0 Å². The van der Waals surface area contributed by atoms with Gasteiger partial charge in [0.2, 0.25) is 0 Å². The molecule has 1 heterocycles. The molecule has 0 saturated carbocycles. The number of carbonyl (C=O) groups excluding carboxylic acids is 1. The zero-order chi connectivity index (χ0) is 15.6. The standard InChI is InChI=1S/C14H15F3N2O2/c1-21-11-4-2-3-10(18)12(11)13(20)19-7-5-9(6-8-19)14(15,16)17/h2-5H,6-8,18H2,1H3. The van der Waals surface area contributed by atoms with E-state index in [0.29, 0.717) is 5.75 Å². The second-order valence-electron chi connectivity index (χ2n) is 4.65. The second kappa shape index (κ2) is 5.67. The quantitative estimate of drug-likeness (QED) is 0.675. The number of ether oxygens (including phenoxy) is 1. The van der Waals surface area contributed by atoms with Crippen LogP contribution in [0.1, 0.15) is 16.8 Å². The molecule has 1 aliphatic heterocycles. The molecule has 114 valence electrons. The van der Waals surface area contributed by atoms with E-state index in [9.17, 15) is 18.0 Å². The summed E-state index contributed by atoms with van der Waals surface area (Å²) in [4.78, 5) is 13.7. The maximum Gasteiger partial charge on any atom is 0.412 e. The summed E-state index contributed by atoms with van der Waals surface area (Å²) >= 11 is 0. The number of alkyl halides is 3. The van der Waals surface area contributed by atoms with Gasteiger partial charge in [0.1, 0.15) is 11.3 Å². The van der Waals surface area contributed by atoms with Gasteiger partial charge in [-0.1, -0.05) is 12.1 Å². The van der Waals surface area contributed by atoms with Gasteiger partial charge >= 0.3 is 6.18 Å². The summed E-state index contributed by atoms with van der Waals surface area (Å²) in [6.07, 6.45) is -3.52. The highest BCUT2D eigenvalue weighted by Crippen LogP contribution is 2.32. The number of hydrogen-bond acceptors (Lipinski definition) is 3. The van der Waals surface area contributed by atoms with Crippen molar-refractivity contribution >= 4 is 11.6 Å². The van der Waals surface area contributed by atoms with Gasteiger partial charge in [-0.15, -0.1) is 0 Å².